The van der Waals surface area contributed by atoms with E-state index in [9.17, 15) is 4.79 Å². The van der Waals surface area contributed by atoms with Gasteiger partial charge in [-0.25, -0.2) is 0 Å². The van der Waals surface area contributed by atoms with Crippen molar-refractivity contribution in [1.82, 2.24) is 0 Å². The van der Waals surface area contributed by atoms with Gasteiger partial charge in [-0.1, -0.05) is 18.7 Å². The molecule has 0 heterocycles. The third-order valence-corrected chi connectivity index (χ3v) is 1.95. The van der Waals surface area contributed by atoms with Crippen LogP contribution < -0.4 is 0 Å². The zero-order valence-electron chi connectivity index (χ0n) is 6.98. The van der Waals surface area contributed by atoms with E-state index in [-0.39, 0.29) is 5.78 Å². The molecule has 0 saturated heterocycles. The number of ketones is 1. The van der Waals surface area contributed by atoms with Gasteiger partial charge in [0.15, 0.2) is 5.78 Å². The van der Waals surface area contributed by atoms with Crippen LogP contribution in [0.2, 0.25) is 0 Å². The van der Waals surface area contributed by atoms with E-state index in [1.165, 1.54) is 0 Å². The van der Waals surface area contributed by atoms with Gasteiger partial charge in [0.25, 0.3) is 0 Å². The highest BCUT2D eigenvalue weighted by Gasteiger charge is 2.24. The Balaban J connectivity index is 3.11. The summed E-state index contributed by atoms with van der Waals surface area (Å²) in [4.78, 5) is 11.3. The Morgan fingerprint density at radius 1 is 1.36 bits per heavy atom. The fourth-order valence-corrected chi connectivity index (χ4v) is 1.32. The third kappa shape index (κ3) is 1.18. The van der Waals surface area contributed by atoms with Gasteiger partial charge in [0.05, 0.1) is 0 Å². The number of carbonyl (C=O) groups is 1. The van der Waals surface area contributed by atoms with Crippen LogP contribution in [0.3, 0.4) is 0 Å². The van der Waals surface area contributed by atoms with E-state index in [1.807, 2.05) is 26.0 Å². The lowest BCUT2D eigenvalue weighted by Crippen LogP contribution is -1.93. The fraction of sp³-hybridized carbons (Fsp3) is 0.300. The average Bonchev–Trinajstić information content (AvgIpc) is 2.28. The summed E-state index contributed by atoms with van der Waals surface area (Å²) >= 11 is 0. The van der Waals surface area contributed by atoms with Crippen LogP contribution in [0.5, 0.6) is 0 Å². The van der Waals surface area contributed by atoms with Gasteiger partial charge in [-0.2, -0.15) is 0 Å². The summed E-state index contributed by atoms with van der Waals surface area (Å²) in [5.74, 6) is 0.112. The summed E-state index contributed by atoms with van der Waals surface area (Å²) in [7, 11) is 0. The molecule has 1 aliphatic rings. The highest BCUT2D eigenvalue weighted by molar-refractivity contribution is 6.14. The maximum Gasteiger partial charge on any atom is 0.188 e. The van der Waals surface area contributed by atoms with Gasteiger partial charge in [0.1, 0.15) is 0 Å². The number of carbonyl (C=O) groups excluding carboxylic acids is 1. The molecule has 1 nitrogen and oxygen atoms in total. The Hall–Kier alpha value is -1.11. The van der Waals surface area contributed by atoms with Crippen molar-refractivity contribution in [3.63, 3.8) is 0 Å². The van der Waals surface area contributed by atoms with Gasteiger partial charge in [0.2, 0.25) is 0 Å². The van der Waals surface area contributed by atoms with E-state index in [1.54, 1.807) is 0 Å². The highest BCUT2D eigenvalue weighted by Crippen LogP contribution is 2.30. The molecule has 0 atom stereocenters. The van der Waals surface area contributed by atoms with Crippen molar-refractivity contribution in [3.8, 4) is 0 Å². The van der Waals surface area contributed by atoms with E-state index in [0.29, 0.717) is 5.57 Å². The minimum absolute atomic E-state index is 0.112. The van der Waals surface area contributed by atoms with Crippen LogP contribution in [0.25, 0.3) is 0 Å². The highest BCUT2D eigenvalue weighted by atomic mass is 16.1. The smallest absolute Gasteiger partial charge is 0.188 e. The molecule has 0 N–H and O–H groups in total. The molecule has 1 aliphatic carbocycles. The maximum absolute atomic E-state index is 11.3. The first kappa shape index (κ1) is 7.99. The molecule has 1 fully saturated rings. The van der Waals surface area contributed by atoms with E-state index < -0.39 is 0 Å². The maximum atomic E-state index is 11.3. The van der Waals surface area contributed by atoms with Gasteiger partial charge >= 0.3 is 0 Å². The van der Waals surface area contributed by atoms with Gasteiger partial charge in [-0.05, 0) is 25.0 Å². The minimum Gasteiger partial charge on any atom is -0.289 e. The largest absolute Gasteiger partial charge is 0.289 e. The Bertz CT molecular complexity index is 267. The summed E-state index contributed by atoms with van der Waals surface area (Å²) in [5, 5.41) is 0. The molecule has 0 unspecified atom stereocenters. The molecular formula is C10H12O. The third-order valence-electron chi connectivity index (χ3n) is 1.95. The van der Waals surface area contributed by atoms with Crippen LogP contribution in [0, 0.1) is 0 Å². The normalized spacial score (nSPS) is 25.6. The quantitative estimate of drug-likeness (QED) is 0.482. The van der Waals surface area contributed by atoms with Crippen LogP contribution in [0.1, 0.15) is 20.3 Å². The van der Waals surface area contributed by atoms with Crippen LogP contribution in [-0.4, -0.2) is 5.78 Å². The fourth-order valence-electron chi connectivity index (χ4n) is 1.32. The van der Waals surface area contributed by atoms with Crippen LogP contribution >= 0.6 is 0 Å². The van der Waals surface area contributed by atoms with Gasteiger partial charge in [-0.15, -0.1) is 0 Å². The molecule has 11 heavy (non-hydrogen) atoms. The van der Waals surface area contributed by atoms with Crippen LogP contribution in [0.15, 0.2) is 35.5 Å². The Labute approximate surface area is 67.1 Å². The zero-order chi connectivity index (χ0) is 8.43. The molecule has 0 aromatic carbocycles. The molecule has 0 amide bonds. The molecule has 0 aromatic rings. The van der Waals surface area contributed by atoms with Gasteiger partial charge in [0, 0.05) is 12.0 Å². The van der Waals surface area contributed by atoms with Gasteiger partial charge < -0.3 is 0 Å². The Morgan fingerprint density at radius 2 is 2.00 bits per heavy atom. The lowest BCUT2D eigenvalue weighted by atomic mass is 10.1. The topological polar surface area (TPSA) is 17.1 Å². The predicted octanol–water partition coefficient (Wildman–Crippen LogP) is 2.41. The summed E-state index contributed by atoms with van der Waals surface area (Å²) in [6, 6.07) is 0. The Morgan fingerprint density at radius 3 is 2.36 bits per heavy atom. The average molecular weight is 148 g/mol. The molecule has 0 aromatic heterocycles. The number of allylic oxidation sites excluding steroid dienone is 5. The summed E-state index contributed by atoms with van der Waals surface area (Å²) in [5.41, 5.74) is 2.66. The van der Waals surface area contributed by atoms with Crippen molar-refractivity contribution in [2.75, 3.05) is 0 Å². The van der Waals surface area contributed by atoms with Crippen molar-refractivity contribution in [2.45, 2.75) is 20.3 Å². The second-order valence-electron chi connectivity index (χ2n) is 2.63. The zero-order valence-corrected chi connectivity index (χ0v) is 6.98. The first-order valence-corrected chi connectivity index (χ1v) is 3.75. The summed E-state index contributed by atoms with van der Waals surface area (Å²) < 4.78 is 0. The van der Waals surface area contributed by atoms with Gasteiger partial charge in [-0.3, -0.25) is 4.79 Å². The number of hydrogen-bond donors (Lipinski definition) is 0. The molecule has 1 rings (SSSR count). The first-order chi connectivity index (χ1) is 5.20. The second-order valence-corrected chi connectivity index (χ2v) is 2.63. The van der Waals surface area contributed by atoms with Crippen molar-refractivity contribution in [3.05, 3.63) is 35.5 Å². The van der Waals surface area contributed by atoms with E-state index in [2.05, 4.69) is 6.58 Å². The van der Waals surface area contributed by atoms with Crippen molar-refractivity contribution in [1.29, 1.82) is 0 Å². The molecule has 0 radical (unpaired) electrons. The molecule has 58 valence electrons. The van der Waals surface area contributed by atoms with Crippen molar-refractivity contribution < 1.29 is 4.79 Å². The number of hydrogen-bond acceptors (Lipinski definition) is 1. The SMILES string of the molecule is C=C1CC(=C/C)/C(=C\C)C1=O. The molecule has 0 spiro atoms. The Kier molecular flexibility index (Phi) is 2.08. The van der Waals surface area contributed by atoms with Crippen molar-refractivity contribution in [2.24, 2.45) is 0 Å². The number of Topliss-reactive ketones (excluding diaryl/α,β-unsaturated/α-hetero) is 1. The summed E-state index contributed by atoms with van der Waals surface area (Å²) in [6.07, 6.45) is 4.57. The predicted molar refractivity (Wildman–Crippen MR) is 46.3 cm³/mol. The standard InChI is InChI=1S/C10H12O/c1-4-8-6-7(3)10(11)9(8)5-2/h4-5H,3,6H2,1-2H3/b8-4-,9-5+. The molecular weight excluding hydrogens is 136 g/mol. The van der Waals surface area contributed by atoms with E-state index in [0.717, 1.165) is 17.6 Å². The number of rotatable bonds is 0. The molecule has 1 saturated carbocycles. The lowest BCUT2D eigenvalue weighted by Gasteiger charge is -1.92. The lowest BCUT2D eigenvalue weighted by molar-refractivity contribution is -0.111. The van der Waals surface area contributed by atoms with Crippen molar-refractivity contribution >= 4 is 5.78 Å². The molecule has 0 aliphatic heterocycles. The second kappa shape index (κ2) is 2.87. The van der Waals surface area contributed by atoms with Crippen LogP contribution in [-0.2, 0) is 4.79 Å². The minimum atomic E-state index is 0.112. The first-order valence-electron chi connectivity index (χ1n) is 3.75. The van der Waals surface area contributed by atoms with E-state index >= 15 is 0 Å². The van der Waals surface area contributed by atoms with Crippen LogP contribution in [0.4, 0.5) is 0 Å². The summed E-state index contributed by atoms with van der Waals surface area (Å²) in [6.45, 7) is 7.53. The molecule has 0 bridgehead atoms. The molecule has 1 heteroatoms. The van der Waals surface area contributed by atoms with E-state index in [4.69, 9.17) is 0 Å². The monoisotopic (exact) mass is 148 g/mol.